The number of carbonyl (C=O) groups is 1. The van der Waals surface area contributed by atoms with Crippen molar-refractivity contribution in [2.75, 3.05) is 13.2 Å². The Bertz CT molecular complexity index is 620. The molecule has 31 heavy (non-hydrogen) atoms. The zero-order valence-corrected chi connectivity index (χ0v) is 14.1. The standard InChI is InChI=1S/C12H8F16O3/c13-6(14,11(23,24)25)2-1-3-30-5(29)31-4-7(15,16)8(17,18)9(19,20)10(21,22)12(26,27)28/h1-4H2. The number of hydrogen-bond acceptors (Lipinski definition) is 3. The van der Waals surface area contributed by atoms with Gasteiger partial charge < -0.3 is 9.47 Å². The zero-order valence-electron chi connectivity index (χ0n) is 14.1. The SMILES string of the molecule is O=C(OCCCC(F)(F)C(F)(F)F)OCC(F)(F)C(F)(F)C(F)(F)C(F)(F)C(F)(F)F. The van der Waals surface area contributed by atoms with Gasteiger partial charge in [0.05, 0.1) is 6.61 Å². The zero-order chi connectivity index (χ0) is 25.3. The average Bonchev–Trinajstić information content (AvgIpc) is 2.54. The summed E-state index contributed by atoms with van der Waals surface area (Å²) in [7, 11) is 0. The van der Waals surface area contributed by atoms with Gasteiger partial charge in [0.25, 0.3) is 0 Å². The molecule has 0 N–H and O–H groups in total. The minimum atomic E-state index is -7.74. The van der Waals surface area contributed by atoms with Crippen LogP contribution in [0.2, 0.25) is 0 Å². The predicted octanol–water partition coefficient (Wildman–Crippen LogP) is 6.22. The van der Waals surface area contributed by atoms with Gasteiger partial charge in [0.1, 0.15) is 0 Å². The molecule has 0 fully saturated rings. The molecule has 0 aliphatic carbocycles. The van der Waals surface area contributed by atoms with Crippen molar-refractivity contribution in [1.82, 2.24) is 0 Å². The molecule has 0 heterocycles. The van der Waals surface area contributed by atoms with Crippen LogP contribution in [-0.2, 0) is 9.47 Å². The summed E-state index contributed by atoms with van der Waals surface area (Å²) >= 11 is 0. The quantitative estimate of drug-likeness (QED) is 0.213. The van der Waals surface area contributed by atoms with Crippen LogP contribution in [0.1, 0.15) is 12.8 Å². The molecule has 0 unspecified atom stereocenters. The van der Waals surface area contributed by atoms with Crippen molar-refractivity contribution < 1.29 is 84.5 Å². The van der Waals surface area contributed by atoms with E-state index in [-0.39, 0.29) is 0 Å². The van der Waals surface area contributed by atoms with Gasteiger partial charge in [-0.1, -0.05) is 0 Å². The topological polar surface area (TPSA) is 35.5 Å². The van der Waals surface area contributed by atoms with Crippen LogP contribution in [0.5, 0.6) is 0 Å². The van der Waals surface area contributed by atoms with Crippen molar-refractivity contribution in [1.29, 1.82) is 0 Å². The van der Waals surface area contributed by atoms with Crippen LogP contribution >= 0.6 is 0 Å². The summed E-state index contributed by atoms with van der Waals surface area (Å²) in [6.07, 6.45) is -19.3. The Hall–Kier alpha value is -1.85. The Morgan fingerprint density at radius 3 is 1.39 bits per heavy atom. The number of ether oxygens (including phenoxy) is 2. The van der Waals surface area contributed by atoms with E-state index in [2.05, 4.69) is 9.47 Å². The highest BCUT2D eigenvalue weighted by Gasteiger charge is 2.87. The molecule has 0 bridgehead atoms. The summed E-state index contributed by atoms with van der Waals surface area (Å²) < 4.78 is 206. The lowest BCUT2D eigenvalue weighted by atomic mass is 9.98. The molecule has 0 aliphatic heterocycles. The first-order valence-corrected chi connectivity index (χ1v) is 7.17. The van der Waals surface area contributed by atoms with Crippen molar-refractivity contribution in [2.45, 2.75) is 54.8 Å². The molecular weight excluding hydrogens is 496 g/mol. The predicted molar refractivity (Wildman–Crippen MR) is 63.4 cm³/mol. The molecule has 0 amide bonds. The van der Waals surface area contributed by atoms with E-state index >= 15 is 0 Å². The molecule has 0 saturated carbocycles. The maximum Gasteiger partial charge on any atom is 0.508 e. The normalized spacial score (nSPS) is 15.1. The van der Waals surface area contributed by atoms with E-state index in [0.717, 1.165) is 0 Å². The van der Waals surface area contributed by atoms with Gasteiger partial charge in [-0.05, 0) is 6.42 Å². The number of halogens is 16. The molecule has 186 valence electrons. The van der Waals surface area contributed by atoms with Gasteiger partial charge in [0, 0.05) is 6.42 Å². The Kier molecular flexibility index (Phi) is 8.08. The third kappa shape index (κ3) is 5.89. The molecule has 0 radical (unpaired) electrons. The van der Waals surface area contributed by atoms with Crippen LogP contribution in [0.4, 0.5) is 75.0 Å². The number of hydrogen-bond donors (Lipinski definition) is 0. The van der Waals surface area contributed by atoms with E-state index in [1.165, 1.54) is 0 Å². The molecule has 0 atom stereocenters. The lowest BCUT2D eigenvalue weighted by Gasteiger charge is -2.36. The van der Waals surface area contributed by atoms with Gasteiger partial charge in [-0.15, -0.1) is 0 Å². The fourth-order valence-electron chi connectivity index (χ4n) is 1.48. The molecule has 0 rings (SSSR count). The fraction of sp³-hybridized carbons (Fsp3) is 0.917. The molecule has 0 aromatic rings. The second-order valence-corrected chi connectivity index (χ2v) is 5.62. The number of rotatable bonds is 9. The highest BCUT2D eigenvalue weighted by molar-refractivity contribution is 5.59. The van der Waals surface area contributed by atoms with Crippen molar-refractivity contribution >= 4 is 6.16 Å². The lowest BCUT2D eigenvalue weighted by Crippen LogP contribution is -2.67. The second-order valence-electron chi connectivity index (χ2n) is 5.62. The van der Waals surface area contributed by atoms with Crippen LogP contribution in [0.3, 0.4) is 0 Å². The molecule has 0 saturated heterocycles. The summed E-state index contributed by atoms with van der Waals surface area (Å²) in [5, 5.41) is 0. The van der Waals surface area contributed by atoms with Crippen LogP contribution in [0.25, 0.3) is 0 Å². The van der Waals surface area contributed by atoms with Crippen molar-refractivity contribution in [3.8, 4) is 0 Å². The third-order valence-electron chi connectivity index (χ3n) is 3.25. The summed E-state index contributed by atoms with van der Waals surface area (Å²) in [5.41, 5.74) is 0. The van der Waals surface area contributed by atoms with Gasteiger partial charge >= 0.3 is 48.1 Å². The fourth-order valence-corrected chi connectivity index (χ4v) is 1.48. The highest BCUT2D eigenvalue weighted by atomic mass is 19.4. The van der Waals surface area contributed by atoms with E-state index in [0.29, 0.717) is 0 Å². The summed E-state index contributed by atoms with van der Waals surface area (Å²) in [5.74, 6) is -34.7. The van der Waals surface area contributed by atoms with E-state index in [9.17, 15) is 75.0 Å². The van der Waals surface area contributed by atoms with Crippen molar-refractivity contribution in [3.63, 3.8) is 0 Å². The van der Waals surface area contributed by atoms with Gasteiger partial charge in [0.15, 0.2) is 6.61 Å². The Morgan fingerprint density at radius 1 is 0.548 bits per heavy atom. The Balaban J connectivity index is 5.01. The van der Waals surface area contributed by atoms with E-state index in [1.807, 2.05) is 0 Å². The van der Waals surface area contributed by atoms with Crippen LogP contribution in [0.15, 0.2) is 0 Å². The Morgan fingerprint density at radius 2 is 1.00 bits per heavy atom. The van der Waals surface area contributed by atoms with Crippen LogP contribution < -0.4 is 0 Å². The maximum absolute atomic E-state index is 13.2. The molecule has 0 aromatic heterocycles. The molecule has 3 nitrogen and oxygen atoms in total. The summed E-state index contributed by atoms with van der Waals surface area (Å²) in [4.78, 5) is 10.8. The van der Waals surface area contributed by atoms with E-state index in [1.54, 1.807) is 0 Å². The van der Waals surface area contributed by atoms with Gasteiger partial charge in [-0.2, -0.15) is 70.2 Å². The van der Waals surface area contributed by atoms with Gasteiger partial charge in [-0.25, -0.2) is 4.79 Å². The average molecular weight is 504 g/mol. The molecule has 0 aliphatic rings. The minimum Gasteiger partial charge on any atom is -0.434 e. The molecule has 0 spiro atoms. The summed E-state index contributed by atoms with van der Waals surface area (Å²) in [6, 6.07) is 0. The van der Waals surface area contributed by atoms with Gasteiger partial charge in [0.2, 0.25) is 0 Å². The highest BCUT2D eigenvalue weighted by Crippen LogP contribution is 2.57. The van der Waals surface area contributed by atoms with Crippen LogP contribution in [0, 0.1) is 0 Å². The monoisotopic (exact) mass is 504 g/mol. The second kappa shape index (κ2) is 8.59. The summed E-state index contributed by atoms with van der Waals surface area (Å²) in [6.45, 7) is -4.67. The first-order chi connectivity index (χ1) is 13.4. The number of alkyl halides is 16. The van der Waals surface area contributed by atoms with Crippen LogP contribution in [-0.4, -0.2) is 61.3 Å². The maximum atomic E-state index is 13.2. The Labute approximate surface area is 160 Å². The molecule has 0 aromatic carbocycles. The smallest absolute Gasteiger partial charge is 0.434 e. The van der Waals surface area contributed by atoms with E-state index in [4.69, 9.17) is 0 Å². The van der Waals surface area contributed by atoms with Crippen molar-refractivity contribution in [3.05, 3.63) is 0 Å². The van der Waals surface area contributed by atoms with E-state index < -0.39 is 74.2 Å². The van der Waals surface area contributed by atoms with Crippen molar-refractivity contribution in [2.24, 2.45) is 0 Å². The first-order valence-electron chi connectivity index (χ1n) is 7.17. The minimum absolute atomic E-state index is 1.30. The lowest BCUT2D eigenvalue weighted by molar-refractivity contribution is -0.423. The molecule has 19 heteroatoms. The molecular formula is C12H8F16O3. The van der Waals surface area contributed by atoms with Gasteiger partial charge in [-0.3, -0.25) is 0 Å². The first kappa shape index (κ1) is 29.1. The third-order valence-corrected chi connectivity index (χ3v) is 3.25. The largest absolute Gasteiger partial charge is 0.508 e. The number of carbonyl (C=O) groups excluding carboxylic acids is 1.